The van der Waals surface area contributed by atoms with Gasteiger partial charge < -0.3 is 4.74 Å². The zero-order valence-electron chi connectivity index (χ0n) is 13.5. The van der Waals surface area contributed by atoms with E-state index in [0.717, 1.165) is 19.3 Å². The minimum Gasteiger partial charge on any atom is -0.422 e. The molecule has 0 unspecified atom stereocenters. The first kappa shape index (κ1) is 18.1. The fourth-order valence-corrected chi connectivity index (χ4v) is 4.65. The molecule has 0 saturated carbocycles. The predicted molar refractivity (Wildman–Crippen MR) is 98.2 cm³/mol. The second kappa shape index (κ2) is 7.68. The lowest BCUT2D eigenvalue weighted by Crippen LogP contribution is -2.35. The summed E-state index contributed by atoms with van der Waals surface area (Å²) in [5.41, 5.74) is 0.203. The van der Waals surface area contributed by atoms with Crippen molar-refractivity contribution in [3.8, 4) is 5.75 Å². The van der Waals surface area contributed by atoms with Crippen LogP contribution < -0.4 is 4.74 Å². The Morgan fingerprint density at radius 3 is 2.44 bits per heavy atom. The number of para-hydroxylation sites is 1. The Kier molecular flexibility index (Phi) is 5.56. The molecule has 132 valence electrons. The van der Waals surface area contributed by atoms with Crippen LogP contribution in [0, 0.1) is 0 Å². The highest BCUT2D eigenvalue weighted by Crippen LogP contribution is 2.26. The van der Waals surface area contributed by atoms with Crippen LogP contribution in [0.1, 0.15) is 29.6 Å². The number of piperidine rings is 1. The molecule has 1 heterocycles. The van der Waals surface area contributed by atoms with E-state index in [9.17, 15) is 13.2 Å². The number of sulfonamides is 1. The maximum Gasteiger partial charge on any atom is 0.343 e. The summed E-state index contributed by atoms with van der Waals surface area (Å²) in [6.07, 6.45) is 2.77. The summed E-state index contributed by atoms with van der Waals surface area (Å²) in [5.74, 6) is -0.209. The molecule has 1 aliphatic heterocycles. The van der Waals surface area contributed by atoms with E-state index >= 15 is 0 Å². The predicted octanol–water partition coefficient (Wildman–Crippen LogP) is 3.84. The zero-order chi connectivity index (χ0) is 17.9. The van der Waals surface area contributed by atoms with Gasteiger partial charge in [0, 0.05) is 13.1 Å². The van der Waals surface area contributed by atoms with Crippen LogP contribution in [0.4, 0.5) is 0 Å². The van der Waals surface area contributed by atoms with Crippen molar-refractivity contribution in [3.63, 3.8) is 0 Å². The molecule has 0 bridgehead atoms. The number of carbonyl (C=O) groups excluding carboxylic acids is 1. The lowest BCUT2D eigenvalue weighted by Gasteiger charge is -2.25. The van der Waals surface area contributed by atoms with E-state index in [0.29, 0.717) is 23.3 Å². The molecule has 1 saturated heterocycles. The van der Waals surface area contributed by atoms with Crippen LogP contribution in [0.3, 0.4) is 0 Å². The molecule has 0 atom stereocenters. The number of hydrogen-bond acceptors (Lipinski definition) is 4. The Bertz CT molecular complexity index is 876. The summed E-state index contributed by atoms with van der Waals surface area (Å²) in [6.45, 7) is 1.04. The van der Waals surface area contributed by atoms with Gasteiger partial charge >= 0.3 is 5.97 Å². The van der Waals surface area contributed by atoms with Crippen molar-refractivity contribution in [1.29, 1.82) is 0 Å². The molecule has 0 spiro atoms. The smallest absolute Gasteiger partial charge is 0.343 e. The molecule has 0 aliphatic carbocycles. The van der Waals surface area contributed by atoms with Crippen LogP contribution in [0.5, 0.6) is 5.75 Å². The number of benzene rings is 2. The van der Waals surface area contributed by atoms with Crippen molar-refractivity contribution in [1.82, 2.24) is 4.31 Å². The Hall–Kier alpha value is -1.70. The third-order valence-electron chi connectivity index (χ3n) is 4.06. The molecule has 0 N–H and O–H groups in total. The van der Waals surface area contributed by atoms with Crippen LogP contribution in [0.15, 0.2) is 57.9 Å². The molecule has 0 amide bonds. The average molecular weight is 424 g/mol. The maximum atomic E-state index is 12.7. The molecule has 1 aliphatic rings. The standard InChI is InChI=1S/C18H18BrNO4S/c19-16-9-2-3-10-17(16)24-18(21)14-7-6-8-15(13-14)25(22,23)20-11-4-1-5-12-20/h2-3,6-10,13H,1,4-5,11-12H2. The number of ether oxygens (including phenoxy) is 1. The van der Waals surface area contributed by atoms with E-state index in [1.54, 1.807) is 30.3 Å². The number of esters is 1. The fraction of sp³-hybridized carbons (Fsp3) is 0.278. The van der Waals surface area contributed by atoms with Gasteiger partial charge in [0.1, 0.15) is 5.75 Å². The van der Waals surface area contributed by atoms with Gasteiger partial charge in [-0.3, -0.25) is 0 Å². The molecule has 7 heteroatoms. The van der Waals surface area contributed by atoms with Gasteiger partial charge in [-0.25, -0.2) is 13.2 Å². The molecule has 5 nitrogen and oxygen atoms in total. The number of rotatable bonds is 4. The summed E-state index contributed by atoms with van der Waals surface area (Å²) in [7, 11) is -3.58. The minimum absolute atomic E-state index is 0.121. The molecular formula is C18H18BrNO4S. The normalized spacial score (nSPS) is 15.7. The third kappa shape index (κ3) is 4.11. The molecule has 2 aromatic rings. The summed E-state index contributed by atoms with van der Waals surface area (Å²) in [6, 6.07) is 13.0. The lowest BCUT2D eigenvalue weighted by molar-refractivity contribution is 0.0733. The van der Waals surface area contributed by atoms with Crippen molar-refractivity contribution in [2.75, 3.05) is 13.1 Å². The van der Waals surface area contributed by atoms with E-state index in [1.807, 2.05) is 6.07 Å². The largest absolute Gasteiger partial charge is 0.422 e. The summed E-state index contributed by atoms with van der Waals surface area (Å²) < 4.78 is 33.0. The van der Waals surface area contributed by atoms with Crippen molar-refractivity contribution >= 4 is 31.9 Å². The molecule has 3 rings (SSSR count). The summed E-state index contributed by atoms with van der Waals surface area (Å²) in [5, 5.41) is 0. The van der Waals surface area contributed by atoms with E-state index in [1.165, 1.54) is 16.4 Å². The van der Waals surface area contributed by atoms with Crippen molar-refractivity contribution in [2.45, 2.75) is 24.2 Å². The van der Waals surface area contributed by atoms with Crippen molar-refractivity contribution < 1.29 is 17.9 Å². The first-order valence-electron chi connectivity index (χ1n) is 8.05. The molecule has 0 aromatic heterocycles. The van der Waals surface area contributed by atoms with Gasteiger partial charge in [0.05, 0.1) is 14.9 Å². The number of hydrogen-bond donors (Lipinski definition) is 0. The molecule has 25 heavy (non-hydrogen) atoms. The topological polar surface area (TPSA) is 63.7 Å². The number of halogens is 1. The highest BCUT2D eigenvalue weighted by molar-refractivity contribution is 9.10. The zero-order valence-corrected chi connectivity index (χ0v) is 15.9. The first-order valence-corrected chi connectivity index (χ1v) is 10.3. The van der Waals surface area contributed by atoms with Crippen LogP contribution in [0.25, 0.3) is 0 Å². The van der Waals surface area contributed by atoms with E-state index in [2.05, 4.69) is 15.9 Å². The van der Waals surface area contributed by atoms with Crippen LogP contribution in [-0.2, 0) is 10.0 Å². The van der Waals surface area contributed by atoms with Gasteiger partial charge in [0.15, 0.2) is 0 Å². The molecule has 2 aromatic carbocycles. The average Bonchev–Trinajstić information content (AvgIpc) is 2.64. The van der Waals surface area contributed by atoms with Gasteiger partial charge in [0.2, 0.25) is 10.0 Å². The minimum atomic E-state index is -3.58. The van der Waals surface area contributed by atoms with Crippen LogP contribution in [0.2, 0.25) is 0 Å². The van der Waals surface area contributed by atoms with Gasteiger partial charge in [0.25, 0.3) is 0 Å². The number of carbonyl (C=O) groups is 1. The van der Waals surface area contributed by atoms with Gasteiger partial charge in [-0.05, 0) is 59.1 Å². The lowest BCUT2D eigenvalue weighted by atomic mass is 10.2. The Morgan fingerprint density at radius 1 is 1.00 bits per heavy atom. The van der Waals surface area contributed by atoms with Crippen LogP contribution in [-0.4, -0.2) is 31.8 Å². The molecule has 1 fully saturated rings. The van der Waals surface area contributed by atoms with Crippen molar-refractivity contribution in [3.05, 3.63) is 58.6 Å². The Morgan fingerprint density at radius 2 is 1.72 bits per heavy atom. The monoisotopic (exact) mass is 423 g/mol. The second-order valence-electron chi connectivity index (χ2n) is 5.81. The van der Waals surface area contributed by atoms with E-state index in [-0.39, 0.29) is 10.5 Å². The van der Waals surface area contributed by atoms with Crippen LogP contribution >= 0.6 is 15.9 Å². The SMILES string of the molecule is O=C(Oc1ccccc1Br)c1cccc(S(=O)(=O)N2CCCCC2)c1. The fourth-order valence-electron chi connectivity index (χ4n) is 2.72. The molecule has 0 radical (unpaired) electrons. The second-order valence-corrected chi connectivity index (χ2v) is 8.60. The third-order valence-corrected chi connectivity index (χ3v) is 6.61. The quantitative estimate of drug-likeness (QED) is 0.553. The van der Waals surface area contributed by atoms with E-state index < -0.39 is 16.0 Å². The summed E-state index contributed by atoms with van der Waals surface area (Å²) >= 11 is 3.32. The number of nitrogens with zero attached hydrogens (tertiary/aromatic N) is 1. The van der Waals surface area contributed by atoms with Gasteiger partial charge in [-0.2, -0.15) is 4.31 Å². The highest BCUT2D eigenvalue weighted by Gasteiger charge is 2.26. The van der Waals surface area contributed by atoms with Crippen molar-refractivity contribution in [2.24, 2.45) is 0 Å². The maximum absolute atomic E-state index is 12.7. The highest BCUT2D eigenvalue weighted by atomic mass is 79.9. The van der Waals surface area contributed by atoms with E-state index in [4.69, 9.17) is 4.74 Å². The Balaban J connectivity index is 1.83. The summed E-state index contributed by atoms with van der Waals surface area (Å²) in [4.78, 5) is 12.5. The van der Waals surface area contributed by atoms with Gasteiger partial charge in [-0.15, -0.1) is 0 Å². The Labute approximate surface area is 155 Å². The molecular weight excluding hydrogens is 406 g/mol. The first-order chi connectivity index (χ1) is 12.0. The van der Waals surface area contributed by atoms with Gasteiger partial charge in [-0.1, -0.05) is 24.6 Å².